The summed E-state index contributed by atoms with van der Waals surface area (Å²) in [5.74, 6) is -0.139. The van der Waals surface area contributed by atoms with Gasteiger partial charge in [-0.1, -0.05) is 41.9 Å². The van der Waals surface area contributed by atoms with E-state index in [1.807, 2.05) is 45.0 Å². The summed E-state index contributed by atoms with van der Waals surface area (Å²) in [6, 6.07) is 13.6. The lowest BCUT2D eigenvalue weighted by Gasteiger charge is -2.21. The molecule has 29 heavy (non-hydrogen) atoms. The third-order valence-electron chi connectivity index (χ3n) is 4.73. The lowest BCUT2D eigenvalue weighted by molar-refractivity contribution is -0.117. The zero-order valence-electron chi connectivity index (χ0n) is 17.1. The summed E-state index contributed by atoms with van der Waals surface area (Å²) in [5, 5.41) is 6.12. The third kappa shape index (κ3) is 6.12. The Hall–Kier alpha value is -1.74. The van der Waals surface area contributed by atoms with Crippen molar-refractivity contribution in [3.05, 3.63) is 58.6 Å². The molecule has 0 aliphatic carbocycles. The quantitative estimate of drug-likeness (QED) is 0.563. The lowest BCUT2D eigenvalue weighted by atomic mass is 10.1. The van der Waals surface area contributed by atoms with Crippen LogP contribution in [-0.2, 0) is 14.8 Å². The van der Waals surface area contributed by atoms with Crippen LogP contribution in [0.4, 0.5) is 5.69 Å². The van der Waals surface area contributed by atoms with Gasteiger partial charge in [-0.15, -0.1) is 0 Å². The van der Waals surface area contributed by atoms with Crippen LogP contribution in [0.25, 0.3) is 0 Å². The van der Waals surface area contributed by atoms with Crippen LogP contribution < -0.4 is 10.6 Å². The van der Waals surface area contributed by atoms with Gasteiger partial charge in [-0.2, -0.15) is 4.31 Å². The molecule has 0 aromatic heterocycles. The second-order valence-electron chi connectivity index (χ2n) is 6.76. The number of carbonyl (C=O) groups is 1. The maximum atomic E-state index is 12.6. The normalized spacial score (nSPS) is 13.9. The summed E-state index contributed by atoms with van der Waals surface area (Å²) >= 11 is 3.37. The number of hydrogen-bond donors (Lipinski definition) is 2. The van der Waals surface area contributed by atoms with E-state index in [0.717, 1.165) is 15.7 Å². The molecule has 1 amide bonds. The molecule has 2 aromatic rings. The Kier molecular flexibility index (Phi) is 8.39. The first-order chi connectivity index (χ1) is 13.7. The van der Waals surface area contributed by atoms with E-state index in [1.54, 1.807) is 31.2 Å². The fourth-order valence-electron chi connectivity index (χ4n) is 2.97. The number of amides is 1. The van der Waals surface area contributed by atoms with Crippen LogP contribution in [0.1, 0.15) is 39.3 Å². The van der Waals surface area contributed by atoms with Gasteiger partial charge in [-0.3, -0.25) is 10.1 Å². The molecule has 2 aromatic carbocycles. The van der Waals surface area contributed by atoms with Crippen molar-refractivity contribution in [3.63, 3.8) is 0 Å². The highest BCUT2D eigenvalue weighted by molar-refractivity contribution is 9.10. The van der Waals surface area contributed by atoms with Crippen molar-refractivity contribution in [2.75, 3.05) is 18.4 Å². The highest BCUT2D eigenvalue weighted by Crippen LogP contribution is 2.20. The summed E-state index contributed by atoms with van der Waals surface area (Å²) < 4.78 is 27.6. The van der Waals surface area contributed by atoms with Crippen molar-refractivity contribution in [2.45, 2.75) is 44.7 Å². The molecule has 2 unspecified atom stereocenters. The first kappa shape index (κ1) is 23.5. The van der Waals surface area contributed by atoms with Gasteiger partial charge in [0.2, 0.25) is 15.9 Å². The smallest absolute Gasteiger partial charge is 0.243 e. The molecule has 0 aliphatic rings. The zero-order valence-corrected chi connectivity index (χ0v) is 19.5. The van der Waals surface area contributed by atoms with E-state index in [1.165, 1.54) is 4.31 Å². The van der Waals surface area contributed by atoms with Crippen LogP contribution in [-0.4, -0.2) is 37.8 Å². The van der Waals surface area contributed by atoms with Gasteiger partial charge in [0.15, 0.2) is 0 Å². The fourth-order valence-corrected chi connectivity index (χ4v) is 4.69. The topological polar surface area (TPSA) is 78.5 Å². The molecule has 2 atom stereocenters. The molecule has 2 rings (SSSR count). The van der Waals surface area contributed by atoms with Gasteiger partial charge in [0.1, 0.15) is 0 Å². The van der Waals surface area contributed by atoms with Crippen molar-refractivity contribution in [1.29, 1.82) is 0 Å². The second-order valence-corrected chi connectivity index (χ2v) is 9.62. The van der Waals surface area contributed by atoms with Gasteiger partial charge in [0.05, 0.1) is 10.9 Å². The summed E-state index contributed by atoms with van der Waals surface area (Å²) in [4.78, 5) is 12.7. The molecule has 8 heteroatoms. The zero-order chi connectivity index (χ0) is 21.6. The first-order valence-corrected chi connectivity index (χ1v) is 11.8. The molecule has 0 heterocycles. The van der Waals surface area contributed by atoms with Gasteiger partial charge in [0.25, 0.3) is 0 Å². The molecule has 0 saturated carbocycles. The van der Waals surface area contributed by atoms with Crippen LogP contribution in [0.2, 0.25) is 0 Å². The number of anilines is 1. The van der Waals surface area contributed by atoms with Crippen molar-refractivity contribution >= 4 is 37.5 Å². The van der Waals surface area contributed by atoms with E-state index >= 15 is 0 Å². The van der Waals surface area contributed by atoms with Gasteiger partial charge < -0.3 is 5.32 Å². The van der Waals surface area contributed by atoms with E-state index in [2.05, 4.69) is 26.6 Å². The van der Waals surface area contributed by atoms with Crippen LogP contribution in [0.15, 0.2) is 57.9 Å². The van der Waals surface area contributed by atoms with Crippen molar-refractivity contribution < 1.29 is 13.2 Å². The minimum atomic E-state index is -3.47. The minimum Gasteiger partial charge on any atom is -0.325 e. The maximum absolute atomic E-state index is 12.6. The monoisotopic (exact) mass is 481 g/mol. The average Bonchev–Trinajstić information content (AvgIpc) is 2.70. The van der Waals surface area contributed by atoms with Crippen molar-refractivity contribution in [1.82, 2.24) is 9.62 Å². The van der Waals surface area contributed by atoms with Crippen molar-refractivity contribution in [3.8, 4) is 0 Å². The summed E-state index contributed by atoms with van der Waals surface area (Å²) in [6.45, 7) is 8.25. The Labute approximate surface area is 181 Å². The molecule has 158 valence electrons. The standard InChI is InChI=1S/C21H28BrN3O3S/c1-5-25(6-2)29(27,28)20-13-7-17(8-14-20)15(3)23-16(4)21(26)24-19-11-9-18(22)10-12-19/h7-16,23H,5-6H2,1-4H3,(H,24,26). The molecule has 0 saturated heterocycles. The third-order valence-corrected chi connectivity index (χ3v) is 7.32. The predicted octanol–water partition coefficient (Wildman–Crippen LogP) is 4.16. The Morgan fingerprint density at radius 2 is 1.55 bits per heavy atom. The number of halogens is 1. The maximum Gasteiger partial charge on any atom is 0.243 e. The number of rotatable bonds is 9. The molecular weight excluding hydrogens is 454 g/mol. The fraction of sp³-hybridized carbons (Fsp3) is 0.381. The van der Waals surface area contributed by atoms with Crippen molar-refractivity contribution in [2.24, 2.45) is 0 Å². The summed E-state index contributed by atoms with van der Waals surface area (Å²) in [7, 11) is -3.47. The Bertz CT molecular complexity index is 911. The van der Waals surface area contributed by atoms with Gasteiger partial charge >= 0.3 is 0 Å². The van der Waals surface area contributed by atoms with Crippen LogP contribution >= 0.6 is 15.9 Å². The van der Waals surface area contributed by atoms with E-state index in [-0.39, 0.29) is 16.8 Å². The van der Waals surface area contributed by atoms with E-state index in [4.69, 9.17) is 0 Å². The van der Waals surface area contributed by atoms with E-state index in [9.17, 15) is 13.2 Å². The molecular formula is C21H28BrN3O3S. The van der Waals surface area contributed by atoms with E-state index in [0.29, 0.717) is 13.1 Å². The summed E-state index contributed by atoms with van der Waals surface area (Å²) in [5.41, 5.74) is 1.64. The number of benzene rings is 2. The number of nitrogens with zero attached hydrogens (tertiary/aromatic N) is 1. The highest BCUT2D eigenvalue weighted by Gasteiger charge is 2.22. The molecule has 0 bridgehead atoms. The predicted molar refractivity (Wildman–Crippen MR) is 120 cm³/mol. The molecule has 0 aliphatic heterocycles. The Balaban J connectivity index is 2.02. The Morgan fingerprint density at radius 3 is 2.07 bits per heavy atom. The van der Waals surface area contributed by atoms with Crippen LogP contribution in [0, 0.1) is 0 Å². The van der Waals surface area contributed by atoms with Gasteiger partial charge in [-0.05, 0) is 55.8 Å². The molecule has 0 radical (unpaired) electrons. The van der Waals surface area contributed by atoms with Gasteiger partial charge in [0, 0.05) is 29.3 Å². The molecule has 0 fully saturated rings. The second kappa shape index (κ2) is 10.3. The minimum absolute atomic E-state index is 0.120. The molecule has 2 N–H and O–H groups in total. The highest BCUT2D eigenvalue weighted by atomic mass is 79.9. The number of carbonyl (C=O) groups excluding carboxylic acids is 1. The number of nitrogens with one attached hydrogen (secondary N) is 2. The molecule has 6 nitrogen and oxygen atoms in total. The SMILES string of the molecule is CCN(CC)S(=O)(=O)c1ccc(C(C)NC(C)C(=O)Nc2ccc(Br)cc2)cc1. The van der Waals surface area contributed by atoms with E-state index < -0.39 is 16.1 Å². The Morgan fingerprint density at radius 1 is 1.00 bits per heavy atom. The van der Waals surface area contributed by atoms with Crippen LogP contribution in [0.5, 0.6) is 0 Å². The first-order valence-electron chi connectivity index (χ1n) is 9.61. The van der Waals surface area contributed by atoms with Crippen LogP contribution in [0.3, 0.4) is 0 Å². The average molecular weight is 482 g/mol. The number of sulfonamides is 1. The lowest BCUT2D eigenvalue weighted by Crippen LogP contribution is -2.39. The molecule has 0 spiro atoms. The summed E-state index contributed by atoms with van der Waals surface area (Å²) in [6.07, 6.45) is 0. The largest absolute Gasteiger partial charge is 0.325 e. The number of hydrogen-bond acceptors (Lipinski definition) is 4. The van der Waals surface area contributed by atoms with Gasteiger partial charge in [-0.25, -0.2) is 8.42 Å².